The van der Waals surface area contributed by atoms with Crippen LogP contribution in [-0.2, 0) is 19.0 Å². The van der Waals surface area contributed by atoms with Gasteiger partial charge in [-0.15, -0.1) is 11.3 Å². The van der Waals surface area contributed by atoms with E-state index in [-0.39, 0.29) is 47.2 Å². The Morgan fingerprint density at radius 1 is 1.36 bits per heavy atom. The summed E-state index contributed by atoms with van der Waals surface area (Å²) in [6, 6.07) is 0. The monoisotopic (exact) mass is 410 g/mol. The van der Waals surface area contributed by atoms with E-state index < -0.39 is 11.9 Å². The number of ether oxygens (including phenoxy) is 3. The molecule has 0 radical (unpaired) electrons. The summed E-state index contributed by atoms with van der Waals surface area (Å²) in [6.45, 7) is 11.1. The number of esters is 2. The molecule has 1 aliphatic heterocycles. The minimum atomic E-state index is -0.589. The summed E-state index contributed by atoms with van der Waals surface area (Å²) in [4.78, 5) is 39.4. The standard InChI is InChI=1S/C19H26N2O6S/c1-5-8-27-19(24)16-13(4)15(18(23)25-6-2)17(28-16)20-14(22)11-21-7-9-26-12(3)10-21/h5,12H,1,6-11H2,2-4H3,(H,20,22)/t12-/m1/s1. The molecule has 28 heavy (non-hydrogen) atoms. The first-order valence-electron chi connectivity index (χ1n) is 9.09. The molecular formula is C19H26N2O6S. The number of rotatable bonds is 8. The van der Waals surface area contributed by atoms with E-state index in [2.05, 4.69) is 11.9 Å². The first-order valence-corrected chi connectivity index (χ1v) is 9.91. The Balaban J connectivity index is 2.20. The number of thiophene rings is 1. The zero-order valence-corrected chi connectivity index (χ0v) is 17.2. The molecule has 1 amide bonds. The van der Waals surface area contributed by atoms with E-state index in [1.807, 2.05) is 11.8 Å². The average Bonchev–Trinajstić information content (AvgIpc) is 2.95. The van der Waals surface area contributed by atoms with Gasteiger partial charge in [-0.3, -0.25) is 9.69 Å². The Labute approximate surface area is 168 Å². The zero-order valence-electron chi connectivity index (χ0n) is 16.4. The molecule has 0 aliphatic carbocycles. The van der Waals surface area contributed by atoms with E-state index in [9.17, 15) is 14.4 Å². The van der Waals surface area contributed by atoms with Crippen molar-refractivity contribution in [1.29, 1.82) is 0 Å². The van der Waals surface area contributed by atoms with Gasteiger partial charge in [0.15, 0.2) is 0 Å². The van der Waals surface area contributed by atoms with E-state index in [1.165, 1.54) is 6.08 Å². The number of amides is 1. The smallest absolute Gasteiger partial charge is 0.348 e. The minimum Gasteiger partial charge on any atom is -0.462 e. The summed E-state index contributed by atoms with van der Waals surface area (Å²) in [5.74, 6) is -1.43. The van der Waals surface area contributed by atoms with Gasteiger partial charge >= 0.3 is 11.9 Å². The molecule has 1 aliphatic rings. The van der Waals surface area contributed by atoms with Crippen molar-refractivity contribution in [3.05, 3.63) is 28.7 Å². The first kappa shape index (κ1) is 22.1. The highest BCUT2D eigenvalue weighted by Gasteiger charge is 2.28. The number of anilines is 1. The van der Waals surface area contributed by atoms with Crippen LogP contribution in [0.4, 0.5) is 5.00 Å². The van der Waals surface area contributed by atoms with Crippen molar-refractivity contribution in [3.63, 3.8) is 0 Å². The van der Waals surface area contributed by atoms with Gasteiger partial charge in [0.25, 0.3) is 0 Å². The molecule has 1 aromatic rings. The Morgan fingerprint density at radius 2 is 2.11 bits per heavy atom. The van der Waals surface area contributed by atoms with Gasteiger partial charge in [-0.1, -0.05) is 12.7 Å². The molecule has 0 unspecified atom stereocenters. The van der Waals surface area contributed by atoms with Crippen LogP contribution in [0, 0.1) is 6.92 Å². The van der Waals surface area contributed by atoms with Gasteiger partial charge in [-0.2, -0.15) is 0 Å². The minimum absolute atomic E-state index is 0.0574. The van der Waals surface area contributed by atoms with Crippen molar-refractivity contribution in [3.8, 4) is 0 Å². The average molecular weight is 410 g/mol. The topological polar surface area (TPSA) is 94.2 Å². The van der Waals surface area contributed by atoms with E-state index in [4.69, 9.17) is 14.2 Å². The van der Waals surface area contributed by atoms with Crippen LogP contribution >= 0.6 is 11.3 Å². The molecule has 1 atom stereocenters. The largest absolute Gasteiger partial charge is 0.462 e. The lowest BCUT2D eigenvalue weighted by molar-refractivity contribution is -0.119. The summed E-state index contributed by atoms with van der Waals surface area (Å²) in [5, 5.41) is 3.04. The molecule has 9 heteroatoms. The molecule has 2 rings (SSSR count). The Bertz CT molecular complexity index is 745. The number of carbonyl (C=O) groups excluding carboxylic acids is 3. The zero-order chi connectivity index (χ0) is 20.7. The van der Waals surface area contributed by atoms with Crippen LogP contribution in [-0.4, -0.2) is 68.3 Å². The van der Waals surface area contributed by atoms with Crippen molar-refractivity contribution in [2.45, 2.75) is 26.9 Å². The van der Waals surface area contributed by atoms with Gasteiger partial charge in [0.1, 0.15) is 16.5 Å². The van der Waals surface area contributed by atoms with E-state index in [1.54, 1.807) is 13.8 Å². The summed E-state index contributed by atoms with van der Waals surface area (Å²) in [7, 11) is 0. The van der Waals surface area contributed by atoms with Crippen molar-refractivity contribution >= 4 is 34.2 Å². The van der Waals surface area contributed by atoms with E-state index in [0.29, 0.717) is 25.3 Å². The van der Waals surface area contributed by atoms with Crippen LogP contribution in [0.25, 0.3) is 0 Å². The quantitative estimate of drug-likeness (QED) is 0.519. The molecule has 1 fully saturated rings. The maximum Gasteiger partial charge on any atom is 0.348 e. The molecule has 0 spiro atoms. The van der Waals surface area contributed by atoms with Gasteiger partial charge in [0.05, 0.1) is 31.4 Å². The van der Waals surface area contributed by atoms with E-state index in [0.717, 1.165) is 11.3 Å². The second-order valence-corrected chi connectivity index (χ2v) is 7.35. The lowest BCUT2D eigenvalue weighted by Gasteiger charge is -2.30. The Kier molecular flexibility index (Phi) is 8.16. The van der Waals surface area contributed by atoms with Gasteiger partial charge in [0, 0.05) is 13.1 Å². The van der Waals surface area contributed by atoms with Crippen LogP contribution in [0.5, 0.6) is 0 Å². The maximum atomic E-state index is 12.5. The van der Waals surface area contributed by atoms with Crippen molar-refractivity contribution in [1.82, 2.24) is 4.90 Å². The fourth-order valence-corrected chi connectivity index (χ4v) is 3.95. The highest BCUT2D eigenvalue weighted by atomic mass is 32.1. The fraction of sp³-hybridized carbons (Fsp3) is 0.526. The molecule has 1 saturated heterocycles. The summed E-state index contributed by atoms with van der Waals surface area (Å²) in [5.41, 5.74) is 0.605. The Morgan fingerprint density at radius 3 is 2.75 bits per heavy atom. The van der Waals surface area contributed by atoms with Crippen LogP contribution < -0.4 is 5.32 Å². The maximum absolute atomic E-state index is 12.5. The number of morpholine rings is 1. The first-order chi connectivity index (χ1) is 13.4. The lowest BCUT2D eigenvalue weighted by atomic mass is 10.1. The fourth-order valence-electron chi connectivity index (χ4n) is 2.85. The molecular weight excluding hydrogens is 384 g/mol. The highest BCUT2D eigenvalue weighted by Crippen LogP contribution is 2.34. The van der Waals surface area contributed by atoms with E-state index >= 15 is 0 Å². The molecule has 0 bridgehead atoms. The molecule has 2 heterocycles. The van der Waals surface area contributed by atoms with Gasteiger partial charge in [-0.05, 0) is 26.3 Å². The van der Waals surface area contributed by atoms with Crippen LogP contribution in [0.2, 0.25) is 0 Å². The van der Waals surface area contributed by atoms with Gasteiger partial charge < -0.3 is 19.5 Å². The third-order valence-electron chi connectivity index (χ3n) is 4.09. The normalized spacial score (nSPS) is 17.0. The second kappa shape index (κ2) is 10.4. The molecule has 154 valence electrons. The predicted octanol–water partition coefficient (Wildman–Crippen LogP) is 2.24. The molecule has 1 N–H and O–H groups in total. The van der Waals surface area contributed by atoms with Gasteiger partial charge in [-0.25, -0.2) is 9.59 Å². The van der Waals surface area contributed by atoms with Crippen LogP contribution in [0.1, 0.15) is 39.4 Å². The summed E-state index contributed by atoms with van der Waals surface area (Å²) >= 11 is 1.00. The van der Waals surface area contributed by atoms with Crippen LogP contribution in [0.15, 0.2) is 12.7 Å². The predicted molar refractivity (Wildman–Crippen MR) is 106 cm³/mol. The van der Waals surface area contributed by atoms with Gasteiger partial charge in [0.2, 0.25) is 5.91 Å². The highest BCUT2D eigenvalue weighted by molar-refractivity contribution is 7.18. The van der Waals surface area contributed by atoms with Crippen molar-refractivity contribution in [2.24, 2.45) is 0 Å². The number of hydrogen-bond acceptors (Lipinski definition) is 8. The molecule has 1 aromatic heterocycles. The number of carbonyl (C=O) groups is 3. The second-order valence-electron chi connectivity index (χ2n) is 6.33. The molecule has 8 nitrogen and oxygen atoms in total. The third-order valence-corrected chi connectivity index (χ3v) is 5.28. The molecule has 0 aromatic carbocycles. The van der Waals surface area contributed by atoms with Crippen molar-refractivity contribution in [2.75, 3.05) is 44.8 Å². The number of hydrogen-bond donors (Lipinski definition) is 1. The summed E-state index contributed by atoms with van der Waals surface area (Å²) < 4.78 is 15.6. The third kappa shape index (κ3) is 5.63. The number of nitrogens with one attached hydrogen (secondary N) is 1. The van der Waals surface area contributed by atoms with Crippen LogP contribution in [0.3, 0.4) is 0 Å². The molecule has 0 saturated carbocycles. The summed E-state index contributed by atoms with van der Waals surface area (Å²) in [6.07, 6.45) is 1.52. The number of nitrogens with zero attached hydrogens (tertiary/aromatic N) is 1. The lowest BCUT2D eigenvalue weighted by Crippen LogP contribution is -2.44. The SMILES string of the molecule is C=CCOC(=O)c1sc(NC(=O)CN2CCO[C@H](C)C2)c(C(=O)OCC)c1C. The van der Waals surface area contributed by atoms with Crippen molar-refractivity contribution < 1.29 is 28.6 Å². The Hall–Kier alpha value is -2.23.